The number of ether oxygens (including phenoxy) is 1. The summed E-state index contributed by atoms with van der Waals surface area (Å²) in [4.78, 5) is 25.9. The molecule has 1 heterocycles. The minimum Gasteiger partial charge on any atom is -0.478 e. The van der Waals surface area contributed by atoms with Gasteiger partial charge in [0.1, 0.15) is 6.10 Å². The molecule has 2 aliphatic rings. The van der Waals surface area contributed by atoms with E-state index in [2.05, 4.69) is 24.0 Å². The number of carbonyl (C=O) groups is 2. The third-order valence-corrected chi connectivity index (χ3v) is 5.49. The van der Waals surface area contributed by atoms with Crippen molar-refractivity contribution in [3.63, 3.8) is 0 Å². The summed E-state index contributed by atoms with van der Waals surface area (Å²) in [6, 6.07) is 0. The molecule has 150 valence electrons. The molecule has 0 aromatic carbocycles. The quantitative estimate of drug-likeness (QED) is 0.597. The minimum absolute atomic E-state index is 0.0896. The molecule has 27 heavy (non-hydrogen) atoms. The lowest BCUT2D eigenvalue weighted by Gasteiger charge is -2.22. The number of carbonyl (C=O) groups excluding carboxylic acids is 1. The summed E-state index contributed by atoms with van der Waals surface area (Å²) >= 11 is 0. The minimum atomic E-state index is -0.828. The standard InChI is InChI=1S/C22H33NO4/c1-15-7-5-9-17(21(24)25)10-6-8-16(2)13-20-18(12-11-15)19(14-23(3)4)22(26)27-20/h7,10,13,18-20H,5-6,8-9,11-12,14H2,1-4H3,(H,24,25)/b15-7+,16-13+,17-10+/t18-,19-,20-/m0/s1. The van der Waals surface area contributed by atoms with Crippen LogP contribution in [0.15, 0.2) is 34.9 Å². The highest BCUT2D eigenvalue weighted by molar-refractivity contribution is 5.86. The summed E-state index contributed by atoms with van der Waals surface area (Å²) < 4.78 is 5.73. The molecule has 5 heteroatoms. The van der Waals surface area contributed by atoms with Gasteiger partial charge in [-0.2, -0.15) is 0 Å². The number of fused-ring (bicyclic) bond motifs is 1. The Hall–Kier alpha value is -1.88. The number of nitrogens with zero attached hydrogens (tertiary/aromatic N) is 1. The van der Waals surface area contributed by atoms with E-state index in [0.29, 0.717) is 25.0 Å². The van der Waals surface area contributed by atoms with Gasteiger partial charge in [-0.3, -0.25) is 4.79 Å². The molecule has 0 aromatic rings. The summed E-state index contributed by atoms with van der Waals surface area (Å²) in [6.07, 6.45) is 10.5. The molecule has 1 aliphatic heterocycles. The summed E-state index contributed by atoms with van der Waals surface area (Å²) in [5.41, 5.74) is 2.88. The van der Waals surface area contributed by atoms with E-state index in [0.717, 1.165) is 31.3 Å². The number of carboxylic acid groups (broad SMARTS) is 1. The lowest BCUT2D eigenvalue weighted by Crippen LogP contribution is -2.30. The van der Waals surface area contributed by atoms with Crippen LogP contribution in [0.4, 0.5) is 0 Å². The first-order chi connectivity index (χ1) is 12.8. The van der Waals surface area contributed by atoms with Crippen molar-refractivity contribution >= 4 is 11.9 Å². The third kappa shape index (κ3) is 6.35. The topological polar surface area (TPSA) is 66.8 Å². The maximum absolute atomic E-state index is 12.5. The Labute approximate surface area is 162 Å². The van der Waals surface area contributed by atoms with Crippen molar-refractivity contribution < 1.29 is 19.4 Å². The number of allylic oxidation sites excluding steroid dienone is 4. The zero-order chi connectivity index (χ0) is 20.0. The molecule has 1 saturated heterocycles. The van der Waals surface area contributed by atoms with Gasteiger partial charge in [0.25, 0.3) is 0 Å². The molecule has 0 unspecified atom stereocenters. The van der Waals surface area contributed by atoms with Crippen molar-refractivity contribution in [2.45, 2.75) is 58.5 Å². The van der Waals surface area contributed by atoms with Gasteiger partial charge in [0.05, 0.1) is 5.92 Å². The fourth-order valence-electron chi connectivity index (χ4n) is 3.94. The molecular formula is C22H33NO4. The fourth-order valence-corrected chi connectivity index (χ4v) is 3.94. The smallest absolute Gasteiger partial charge is 0.331 e. The molecule has 0 spiro atoms. The summed E-state index contributed by atoms with van der Waals surface area (Å²) in [5.74, 6) is -0.826. The van der Waals surface area contributed by atoms with Crippen LogP contribution in [0.2, 0.25) is 0 Å². The first kappa shape index (κ1) is 21.4. The third-order valence-electron chi connectivity index (χ3n) is 5.49. The number of carboxylic acids is 1. The predicted octanol–water partition coefficient (Wildman–Crippen LogP) is 3.96. The summed E-state index contributed by atoms with van der Waals surface area (Å²) in [7, 11) is 3.98. The van der Waals surface area contributed by atoms with E-state index < -0.39 is 5.97 Å². The molecule has 3 atom stereocenters. The summed E-state index contributed by atoms with van der Waals surface area (Å²) in [5, 5.41) is 9.36. The molecule has 2 rings (SSSR count). The van der Waals surface area contributed by atoms with Gasteiger partial charge in [-0.05, 0) is 72.5 Å². The number of hydrogen-bond donors (Lipinski definition) is 1. The van der Waals surface area contributed by atoms with Crippen molar-refractivity contribution in [3.05, 3.63) is 34.9 Å². The maximum atomic E-state index is 12.5. The largest absolute Gasteiger partial charge is 0.478 e. The van der Waals surface area contributed by atoms with Crippen molar-refractivity contribution in [1.82, 2.24) is 4.90 Å². The molecule has 0 radical (unpaired) electrons. The molecule has 0 amide bonds. The average Bonchev–Trinajstić information content (AvgIpc) is 2.85. The van der Waals surface area contributed by atoms with E-state index in [1.54, 1.807) is 0 Å². The van der Waals surface area contributed by atoms with Gasteiger partial charge in [0.15, 0.2) is 0 Å². The zero-order valence-electron chi connectivity index (χ0n) is 17.0. The molecule has 0 saturated carbocycles. The monoisotopic (exact) mass is 375 g/mol. The van der Waals surface area contributed by atoms with E-state index in [-0.39, 0.29) is 23.9 Å². The van der Waals surface area contributed by atoms with Crippen LogP contribution in [0, 0.1) is 11.8 Å². The van der Waals surface area contributed by atoms with E-state index in [1.807, 2.05) is 27.1 Å². The average molecular weight is 376 g/mol. The van der Waals surface area contributed by atoms with Crippen LogP contribution in [0.25, 0.3) is 0 Å². The van der Waals surface area contributed by atoms with Crippen molar-refractivity contribution in [1.29, 1.82) is 0 Å². The molecular weight excluding hydrogens is 342 g/mol. The highest BCUT2D eigenvalue weighted by atomic mass is 16.6. The van der Waals surface area contributed by atoms with Crippen molar-refractivity contribution in [2.24, 2.45) is 11.8 Å². The second-order valence-electron chi connectivity index (χ2n) is 8.15. The van der Waals surface area contributed by atoms with Gasteiger partial charge in [-0.1, -0.05) is 23.3 Å². The van der Waals surface area contributed by atoms with Gasteiger partial charge in [0, 0.05) is 18.0 Å². The first-order valence-corrected chi connectivity index (χ1v) is 9.88. The van der Waals surface area contributed by atoms with Crippen LogP contribution < -0.4 is 0 Å². The molecule has 1 aliphatic carbocycles. The van der Waals surface area contributed by atoms with Gasteiger partial charge >= 0.3 is 11.9 Å². The number of esters is 1. The van der Waals surface area contributed by atoms with Crippen LogP contribution in [-0.4, -0.2) is 48.7 Å². The van der Waals surface area contributed by atoms with E-state index >= 15 is 0 Å². The number of hydrogen-bond acceptors (Lipinski definition) is 4. The Bertz CT molecular complexity index is 645. The van der Waals surface area contributed by atoms with Crippen molar-refractivity contribution in [3.8, 4) is 0 Å². The van der Waals surface area contributed by atoms with Gasteiger partial charge in [-0.15, -0.1) is 0 Å². The summed E-state index contributed by atoms with van der Waals surface area (Å²) in [6.45, 7) is 4.83. The highest BCUT2D eigenvalue weighted by Crippen LogP contribution is 2.35. The Morgan fingerprint density at radius 3 is 2.52 bits per heavy atom. The molecule has 1 N–H and O–H groups in total. The number of aliphatic carboxylic acids is 1. The Morgan fingerprint density at radius 1 is 1.15 bits per heavy atom. The first-order valence-electron chi connectivity index (χ1n) is 9.88. The van der Waals surface area contributed by atoms with E-state index in [1.165, 1.54) is 5.57 Å². The highest BCUT2D eigenvalue weighted by Gasteiger charge is 2.43. The predicted molar refractivity (Wildman–Crippen MR) is 106 cm³/mol. The number of rotatable bonds is 3. The SMILES string of the molecule is C/C1=C\[C@@H]2OC(=O)[C@@H](CN(C)C)[C@@H]2CC/C(C)=C/CC/C(C(=O)O)=C\CC1. The van der Waals surface area contributed by atoms with Gasteiger partial charge in [-0.25, -0.2) is 4.79 Å². The van der Waals surface area contributed by atoms with E-state index in [9.17, 15) is 14.7 Å². The maximum Gasteiger partial charge on any atom is 0.331 e. The zero-order valence-corrected chi connectivity index (χ0v) is 17.0. The van der Waals surface area contributed by atoms with Crippen LogP contribution >= 0.6 is 0 Å². The Morgan fingerprint density at radius 2 is 1.85 bits per heavy atom. The van der Waals surface area contributed by atoms with Crippen LogP contribution in [0.5, 0.6) is 0 Å². The lowest BCUT2D eigenvalue weighted by atomic mass is 9.84. The molecule has 5 nitrogen and oxygen atoms in total. The van der Waals surface area contributed by atoms with Gasteiger partial charge in [0.2, 0.25) is 0 Å². The van der Waals surface area contributed by atoms with Crippen LogP contribution in [0.1, 0.15) is 52.4 Å². The van der Waals surface area contributed by atoms with Crippen LogP contribution in [-0.2, 0) is 14.3 Å². The van der Waals surface area contributed by atoms with Crippen LogP contribution in [0.3, 0.4) is 0 Å². The lowest BCUT2D eigenvalue weighted by molar-refractivity contribution is -0.143. The van der Waals surface area contributed by atoms with Crippen molar-refractivity contribution in [2.75, 3.05) is 20.6 Å². The Balaban J connectivity index is 2.25. The second kappa shape index (κ2) is 9.88. The second-order valence-corrected chi connectivity index (χ2v) is 8.15. The fraction of sp³-hybridized carbons (Fsp3) is 0.636. The molecule has 1 fully saturated rings. The van der Waals surface area contributed by atoms with E-state index in [4.69, 9.17) is 4.74 Å². The molecule has 0 bridgehead atoms. The molecule has 0 aromatic heterocycles. The normalized spacial score (nSPS) is 33.6. The Kier molecular flexibility index (Phi) is 7.84. The van der Waals surface area contributed by atoms with Gasteiger partial charge < -0.3 is 14.7 Å².